The predicted molar refractivity (Wildman–Crippen MR) is 96.2 cm³/mol. The molecule has 0 bridgehead atoms. The van der Waals surface area contributed by atoms with Crippen molar-refractivity contribution in [3.63, 3.8) is 0 Å². The molecular formula is C14H12ClNO3S4. The van der Waals surface area contributed by atoms with Crippen LogP contribution < -0.4 is 4.72 Å². The number of halogens is 1. The smallest absolute Gasteiger partial charge is 0.250 e. The van der Waals surface area contributed by atoms with Gasteiger partial charge in [-0.15, -0.1) is 22.7 Å². The van der Waals surface area contributed by atoms with E-state index in [0.717, 1.165) is 11.3 Å². The van der Waals surface area contributed by atoms with E-state index in [2.05, 4.69) is 4.72 Å². The molecule has 1 atom stereocenters. The summed E-state index contributed by atoms with van der Waals surface area (Å²) in [4.78, 5) is 0.683. The van der Waals surface area contributed by atoms with Crippen LogP contribution in [0.25, 0.3) is 0 Å². The first kappa shape index (κ1) is 17.1. The fourth-order valence-corrected chi connectivity index (χ4v) is 6.21. The lowest BCUT2D eigenvalue weighted by Gasteiger charge is -2.26. The van der Waals surface area contributed by atoms with E-state index in [1.54, 1.807) is 12.1 Å². The molecule has 3 heterocycles. The molecule has 3 rings (SSSR count). The van der Waals surface area contributed by atoms with E-state index in [4.69, 9.17) is 11.6 Å². The lowest BCUT2D eigenvalue weighted by atomic mass is 9.95. The molecule has 0 fully saturated rings. The Morgan fingerprint density at radius 1 is 1.22 bits per heavy atom. The van der Waals surface area contributed by atoms with Gasteiger partial charge in [0, 0.05) is 17.0 Å². The van der Waals surface area contributed by atoms with Crippen molar-refractivity contribution in [1.82, 2.24) is 4.72 Å². The van der Waals surface area contributed by atoms with E-state index in [0.29, 0.717) is 14.8 Å². The Bertz CT molecular complexity index is 835. The van der Waals surface area contributed by atoms with Gasteiger partial charge in [-0.2, -0.15) is 11.3 Å². The van der Waals surface area contributed by atoms with Gasteiger partial charge in [-0.25, -0.2) is 13.1 Å². The van der Waals surface area contributed by atoms with Gasteiger partial charge in [-0.05, 0) is 40.4 Å². The maximum Gasteiger partial charge on any atom is 0.250 e. The lowest BCUT2D eigenvalue weighted by molar-refractivity contribution is 0.0903. The molecule has 4 nitrogen and oxygen atoms in total. The summed E-state index contributed by atoms with van der Waals surface area (Å²) in [5.41, 5.74) is -0.737. The highest BCUT2D eigenvalue weighted by atomic mass is 35.5. The normalized spacial score (nSPS) is 14.7. The molecule has 0 aliphatic rings. The van der Waals surface area contributed by atoms with Crippen molar-refractivity contribution >= 4 is 55.6 Å². The number of hydrogen-bond acceptors (Lipinski definition) is 6. The van der Waals surface area contributed by atoms with Crippen LogP contribution in [0.15, 0.2) is 50.7 Å². The van der Waals surface area contributed by atoms with E-state index in [-0.39, 0.29) is 10.8 Å². The van der Waals surface area contributed by atoms with Crippen molar-refractivity contribution in [3.05, 3.63) is 61.2 Å². The minimum Gasteiger partial charge on any atom is -0.378 e. The van der Waals surface area contributed by atoms with Gasteiger partial charge in [-0.3, -0.25) is 0 Å². The van der Waals surface area contributed by atoms with Crippen LogP contribution in [0.3, 0.4) is 0 Å². The monoisotopic (exact) mass is 405 g/mol. The fraction of sp³-hybridized carbons (Fsp3) is 0.143. The van der Waals surface area contributed by atoms with Crippen molar-refractivity contribution in [2.24, 2.45) is 0 Å². The van der Waals surface area contributed by atoms with Gasteiger partial charge in [0.25, 0.3) is 0 Å². The zero-order chi connectivity index (χ0) is 16.5. The SMILES string of the molecule is O=S(=O)(NC[C@@](O)(c1ccsc1)c1cccs1)c1ccc(Cl)s1. The Hall–Kier alpha value is -0.740. The van der Waals surface area contributed by atoms with Crippen LogP contribution in [0.2, 0.25) is 4.34 Å². The predicted octanol–water partition coefficient (Wildman–Crippen LogP) is 3.74. The third-order valence-corrected chi connectivity index (χ3v) is 8.09. The minimum atomic E-state index is -3.72. The molecule has 0 amide bonds. The molecule has 0 aliphatic heterocycles. The van der Waals surface area contributed by atoms with Crippen LogP contribution in [0, 0.1) is 0 Å². The Labute approximate surface area is 151 Å². The molecule has 0 saturated carbocycles. The molecule has 3 aromatic heterocycles. The highest BCUT2D eigenvalue weighted by Gasteiger charge is 2.35. The second kappa shape index (κ2) is 6.64. The quantitative estimate of drug-likeness (QED) is 0.656. The fourth-order valence-electron chi connectivity index (χ4n) is 2.06. The van der Waals surface area contributed by atoms with Crippen molar-refractivity contribution in [3.8, 4) is 0 Å². The number of aliphatic hydroxyl groups is 1. The number of rotatable bonds is 6. The van der Waals surface area contributed by atoms with Crippen molar-refractivity contribution in [2.45, 2.75) is 9.81 Å². The third-order valence-electron chi connectivity index (χ3n) is 3.26. The second-order valence-corrected chi connectivity index (χ2v) is 10.2. The highest BCUT2D eigenvalue weighted by molar-refractivity contribution is 7.91. The number of thiophene rings is 3. The topological polar surface area (TPSA) is 66.4 Å². The molecule has 0 radical (unpaired) electrons. The Kier molecular flexibility index (Phi) is 4.93. The molecule has 0 saturated heterocycles. The first-order valence-corrected chi connectivity index (χ1v) is 11.0. The summed E-state index contributed by atoms with van der Waals surface area (Å²) in [6, 6.07) is 8.39. The molecule has 2 N–H and O–H groups in total. The van der Waals surface area contributed by atoms with Gasteiger partial charge >= 0.3 is 0 Å². The van der Waals surface area contributed by atoms with Gasteiger partial charge in [0.2, 0.25) is 10.0 Å². The summed E-state index contributed by atoms with van der Waals surface area (Å²) in [5, 5.41) is 16.6. The summed E-state index contributed by atoms with van der Waals surface area (Å²) in [6.45, 7) is -0.151. The maximum atomic E-state index is 12.4. The summed E-state index contributed by atoms with van der Waals surface area (Å²) in [6.07, 6.45) is 0. The van der Waals surface area contributed by atoms with Crippen LogP contribution in [-0.2, 0) is 15.6 Å². The van der Waals surface area contributed by atoms with E-state index >= 15 is 0 Å². The van der Waals surface area contributed by atoms with E-state index in [1.807, 2.05) is 22.2 Å². The van der Waals surface area contributed by atoms with E-state index < -0.39 is 15.6 Å². The number of sulfonamides is 1. The molecule has 23 heavy (non-hydrogen) atoms. The van der Waals surface area contributed by atoms with Crippen LogP contribution in [0.4, 0.5) is 0 Å². The van der Waals surface area contributed by atoms with Crippen LogP contribution in [0.1, 0.15) is 10.4 Å². The van der Waals surface area contributed by atoms with Gasteiger partial charge < -0.3 is 5.11 Å². The molecule has 0 aliphatic carbocycles. The standard InChI is InChI=1S/C14H12ClNO3S4/c15-12-3-4-13(22-12)23(18,19)16-9-14(17,10-5-7-20-8-10)11-2-1-6-21-11/h1-8,16-17H,9H2/t14-/m1/s1. The zero-order valence-corrected chi connectivity index (χ0v) is 15.6. The third kappa shape index (κ3) is 3.53. The van der Waals surface area contributed by atoms with Crippen LogP contribution in [0.5, 0.6) is 0 Å². The molecular weight excluding hydrogens is 394 g/mol. The van der Waals surface area contributed by atoms with Crippen LogP contribution in [-0.4, -0.2) is 20.1 Å². The summed E-state index contributed by atoms with van der Waals surface area (Å²) in [7, 11) is -3.72. The lowest BCUT2D eigenvalue weighted by Crippen LogP contribution is -2.40. The number of hydrogen-bond donors (Lipinski definition) is 2. The molecule has 0 aromatic carbocycles. The van der Waals surface area contributed by atoms with Gasteiger partial charge in [0.05, 0.1) is 4.34 Å². The van der Waals surface area contributed by atoms with Crippen molar-refractivity contribution in [2.75, 3.05) is 6.54 Å². The van der Waals surface area contributed by atoms with Gasteiger partial charge in [-0.1, -0.05) is 17.7 Å². The molecule has 9 heteroatoms. The van der Waals surface area contributed by atoms with Crippen LogP contribution >= 0.6 is 45.6 Å². The number of nitrogens with one attached hydrogen (secondary N) is 1. The van der Waals surface area contributed by atoms with Gasteiger partial charge in [0.15, 0.2) is 0 Å². The summed E-state index contributed by atoms with van der Waals surface area (Å²) in [5.74, 6) is 0. The minimum absolute atomic E-state index is 0.126. The molecule has 122 valence electrons. The summed E-state index contributed by atoms with van der Waals surface area (Å²) >= 11 is 9.61. The van der Waals surface area contributed by atoms with E-state index in [1.165, 1.54) is 34.8 Å². The Balaban J connectivity index is 1.89. The molecule has 0 unspecified atom stereocenters. The molecule has 3 aromatic rings. The van der Waals surface area contributed by atoms with Crippen molar-refractivity contribution < 1.29 is 13.5 Å². The van der Waals surface area contributed by atoms with E-state index in [9.17, 15) is 13.5 Å². The first-order chi connectivity index (χ1) is 10.9. The van der Waals surface area contributed by atoms with Crippen molar-refractivity contribution in [1.29, 1.82) is 0 Å². The van der Waals surface area contributed by atoms with Gasteiger partial charge in [0.1, 0.15) is 9.81 Å². The molecule has 0 spiro atoms. The average molecular weight is 406 g/mol. The second-order valence-electron chi connectivity index (χ2n) is 4.73. The Morgan fingerprint density at radius 2 is 2.04 bits per heavy atom. The summed E-state index contributed by atoms with van der Waals surface area (Å²) < 4.78 is 27.8. The average Bonchev–Trinajstić information content (AvgIpc) is 3.25. The maximum absolute atomic E-state index is 12.4. The Morgan fingerprint density at radius 3 is 2.61 bits per heavy atom. The highest BCUT2D eigenvalue weighted by Crippen LogP contribution is 2.34. The largest absolute Gasteiger partial charge is 0.378 e. The first-order valence-electron chi connectivity index (χ1n) is 6.46. The zero-order valence-electron chi connectivity index (χ0n) is 11.6.